The SMILES string of the molecule is CC[C@H](C)N(Cc1cc(F)c(C2(C(=O)N3CC[C@H](O)C3)CCOCC2)cc1F)S(C)(=O)=O. The molecule has 2 heterocycles. The Kier molecular flexibility index (Phi) is 7.59. The van der Waals surface area contributed by atoms with Crippen molar-refractivity contribution in [1.29, 1.82) is 0 Å². The molecule has 0 aromatic heterocycles. The van der Waals surface area contributed by atoms with E-state index in [0.717, 1.165) is 22.7 Å². The van der Waals surface area contributed by atoms with Crippen molar-refractivity contribution < 1.29 is 31.8 Å². The molecule has 0 saturated carbocycles. The van der Waals surface area contributed by atoms with E-state index in [4.69, 9.17) is 4.74 Å². The number of likely N-dealkylation sites (tertiary alicyclic amines) is 1. The molecule has 7 nitrogen and oxygen atoms in total. The number of nitrogens with zero attached hydrogens (tertiary/aromatic N) is 2. The van der Waals surface area contributed by atoms with Crippen molar-refractivity contribution in [3.63, 3.8) is 0 Å². The number of carbonyl (C=O) groups excluding carboxylic acids is 1. The number of benzene rings is 1. The van der Waals surface area contributed by atoms with Crippen LogP contribution in [0, 0.1) is 11.6 Å². The lowest BCUT2D eigenvalue weighted by Gasteiger charge is -2.39. The van der Waals surface area contributed by atoms with Gasteiger partial charge in [-0.2, -0.15) is 4.31 Å². The molecule has 1 aromatic carbocycles. The number of β-amino-alcohol motifs (C(OH)–C–C–N with tert-alkyl or cyclic N) is 1. The summed E-state index contributed by atoms with van der Waals surface area (Å²) in [5.41, 5.74) is -1.40. The number of aliphatic hydroxyl groups excluding tert-OH is 1. The molecule has 32 heavy (non-hydrogen) atoms. The summed E-state index contributed by atoms with van der Waals surface area (Å²) in [5, 5.41) is 9.84. The van der Waals surface area contributed by atoms with Gasteiger partial charge in [0.15, 0.2) is 0 Å². The van der Waals surface area contributed by atoms with Crippen molar-refractivity contribution in [3.05, 3.63) is 34.9 Å². The fraction of sp³-hybridized carbons (Fsp3) is 0.682. The van der Waals surface area contributed by atoms with E-state index in [2.05, 4.69) is 0 Å². The van der Waals surface area contributed by atoms with Gasteiger partial charge in [0.2, 0.25) is 15.9 Å². The van der Waals surface area contributed by atoms with Gasteiger partial charge in [0.25, 0.3) is 0 Å². The molecule has 3 rings (SSSR count). The number of ether oxygens (including phenoxy) is 1. The van der Waals surface area contributed by atoms with Gasteiger partial charge < -0.3 is 14.7 Å². The molecular weight excluding hydrogens is 442 g/mol. The lowest BCUT2D eigenvalue weighted by Crippen LogP contribution is -2.50. The second-order valence-corrected chi connectivity index (χ2v) is 10.8. The van der Waals surface area contributed by atoms with E-state index in [9.17, 15) is 18.3 Å². The molecule has 1 aromatic rings. The molecule has 180 valence electrons. The van der Waals surface area contributed by atoms with Crippen LogP contribution in [0.25, 0.3) is 0 Å². The van der Waals surface area contributed by atoms with Crippen LogP contribution in [0.5, 0.6) is 0 Å². The van der Waals surface area contributed by atoms with E-state index in [1.807, 2.05) is 6.92 Å². The van der Waals surface area contributed by atoms with Gasteiger partial charge in [-0.05, 0) is 44.7 Å². The number of amides is 1. The van der Waals surface area contributed by atoms with Crippen LogP contribution in [-0.4, -0.2) is 73.3 Å². The Morgan fingerprint density at radius 1 is 1.31 bits per heavy atom. The minimum atomic E-state index is -3.63. The van der Waals surface area contributed by atoms with Crippen molar-refractivity contribution in [2.24, 2.45) is 0 Å². The van der Waals surface area contributed by atoms with E-state index in [1.165, 1.54) is 4.90 Å². The average Bonchev–Trinajstić information content (AvgIpc) is 3.18. The summed E-state index contributed by atoms with van der Waals surface area (Å²) in [6.45, 7) is 4.24. The number of hydrogen-bond acceptors (Lipinski definition) is 5. The third kappa shape index (κ3) is 4.98. The van der Waals surface area contributed by atoms with Gasteiger partial charge in [0.05, 0.1) is 17.8 Å². The van der Waals surface area contributed by atoms with Crippen LogP contribution in [0.4, 0.5) is 8.78 Å². The lowest BCUT2D eigenvalue weighted by molar-refractivity contribution is -0.140. The van der Waals surface area contributed by atoms with Crippen LogP contribution in [0.2, 0.25) is 0 Å². The zero-order chi connectivity index (χ0) is 23.7. The van der Waals surface area contributed by atoms with Crippen molar-refractivity contribution in [2.75, 3.05) is 32.6 Å². The fourth-order valence-electron chi connectivity index (χ4n) is 4.59. The number of halogens is 2. The molecule has 10 heteroatoms. The summed E-state index contributed by atoms with van der Waals surface area (Å²) in [7, 11) is -3.63. The molecule has 0 unspecified atom stereocenters. The molecule has 2 atom stereocenters. The Labute approximate surface area is 188 Å². The highest BCUT2D eigenvalue weighted by atomic mass is 32.2. The maximum absolute atomic E-state index is 15.4. The van der Waals surface area contributed by atoms with E-state index >= 15 is 8.78 Å². The van der Waals surface area contributed by atoms with Crippen LogP contribution < -0.4 is 0 Å². The predicted molar refractivity (Wildman–Crippen MR) is 115 cm³/mol. The summed E-state index contributed by atoms with van der Waals surface area (Å²) < 4.78 is 61.5. The molecule has 2 aliphatic heterocycles. The van der Waals surface area contributed by atoms with Gasteiger partial charge >= 0.3 is 0 Å². The van der Waals surface area contributed by atoms with E-state index < -0.39 is 33.2 Å². The molecule has 1 amide bonds. The molecule has 0 spiro atoms. The molecule has 0 radical (unpaired) electrons. The van der Waals surface area contributed by atoms with Gasteiger partial charge in [0, 0.05) is 50.0 Å². The average molecular weight is 475 g/mol. The first-order valence-corrected chi connectivity index (χ1v) is 12.8. The number of aliphatic hydroxyl groups is 1. The van der Waals surface area contributed by atoms with Crippen molar-refractivity contribution in [2.45, 2.75) is 63.6 Å². The summed E-state index contributed by atoms with van der Waals surface area (Å²) in [5.74, 6) is -1.83. The van der Waals surface area contributed by atoms with Crippen LogP contribution in [0.15, 0.2) is 12.1 Å². The van der Waals surface area contributed by atoms with Gasteiger partial charge in [-0.1, -0.05) is 6.92 Å². The first-order chi connectivity index (χ1) is 15.0. The molecule has 1 N–H and O–H groups in total. The maximum atomic E-state index is 15.4. The zero-order valence-corrected chi connectivity index (χ0v) is 19.6. The monoisotopic (exact) mass is 474 g/mol. The first-order valence-electron chi connectivity index (χ1n) is 11.0. The topological polar surface area (TPSA) is 87.2 Å². The second kappa shape index (κ2) is 9.70. The highest BCUT2D eigenvalue weighted by Gasteiger charge is 2.47. The van der Waals surface area contributed by atoms with Crippen LogP contribution >= 0.6 is 0 Å². The van der Waals surface area contributed by atoms with Gasteiger partial charge in [-0.3, -0.25) is 4.79 Å². The highest BCUT2D eigenvalue weighted by Crippen LogP contribution is 2.40. The molecule has 0 aliphatic carbocycles. The van der Waals surface area contributed by atoms with E-state index in [1.54, 1.807) is 6.92 Å². The van der Waals surface area contributed by atoms with Crippen molar-refractivity contribution in [3.8, 4) is 0 Å². The molecule has 2 saturated heterocycles. The van der Waals surface area contributed by atoms with Gasteiger partial charge in [-0.25, -0.2) is 17.2 Å². The predicted octanol–water partition coefficient (Wildman–Crippen LogP) is 2.17. The fourth-order valence-corrected chi connectivity index (χ4v) is 5.77. The molecule has 0 bridgehead atoms. The quantitative estimate of drug-likeness (QED) is 0.655. The molecular formula is C22H32F2N2O5S. The van der Waals surface area contributed by atoms with Gasteiger partial charge in [-0.15, -0.1) is 0 Å². The highest BCUT2D eigenvalue weighted by molar-refractivity contribution is 7.88. The summed E-state index contributed by atoms with van der Waals surface area (Å²) in [6, 6.07) is 1.67. The molecule has 2 aliphatic rings. The Balaban J connectivity index is 1.99. The van der Waals surface area contributed by atoms with Gasteiger partial charge in [0.1, 0.15) is 11.6 Å². The summed E-state index contributed by atoms with van der Waals surface area (Å²) in [6.07, 6.45) is 1.80. The number of carbonyl (C=O) groups is 1. The minimum absolute atomic E-state index is 0.0390. The third-order valence-electron chi connectivity index (χ3n) is 6.69. The Morgan fingerprint density at radius 3 is 2.50 bits per heavy atom. The normalized spacial score (nSPS) is 22.3. The number of hydrogen-bond donors (Lipinski definition) is 1. The Morgan fingerprint density at radius 2 is 1.97 bits per heavy atom. The number of rotatable bonds is 7. The number of sulfonamides is 1. The second-order valence-electron chi connectivity index (χ2n) is 8.88. The standard InChI is InChI=1S/C22H32F2N2O5S/c1-4-15(2)26(32(3,29)30)13-16-11-20(24)18(12-19(16)23)22(6-9-31-10-7-22)21(28)25-8-5-17(27)14-25/h11-12,15,17,27H,4-10,13-14H2,1-3H3/t15-,17-/m0/s1. The maximum Gasteiger partial charge on any atom is 0.233 e. The van der Waals surface area contributed by atoms with E-state index in [-0.39, 0.29) is 62.2 Å². The summed E-state index contributed by atoms with van der Waals surface area (Å²) >= 11 is 0. The van der Waals surface area contributed by atoms with Crippen molar-refractivity contribution in [1.82, 2.24) is 9.21 Å². The smallest absolute Gasteiger partial charge is 0.233 e. The lowest BCUT2D eigenvalue weighted by atomic mass is 9.72. The van der Waals surface area contributed by atoms with Crippen LogP contribution in [0.3, 0.4) is 0 Å². The third-order valence-corrected chi connectivity index (χ3v) is 8.03. The van der Waals surface area contributed by atoms with E-state index in [0.29, 0.717) is 19.4 Å². The molecule has 2 fully saturated rings. The largest absolute Gasteiger partial charge is 0.391 e. The summed E-state index contributed by atoms with van der Waals surface area (Å²) in [4.78, 5) is 14.9. The van der Waals surface area contributed by atoms with Crippen LogP contribution in [-0.2, 0) is 31.5 Å². The Bertz CT molecular complexity index is 950. The van der Waals surface area contributed by atoms with Crippen LogP contribution in [0.1, 0.15) is 50.7 Å². The Hall–Kier alpha value is -1.62. The van der Waals surface area contributed by atoms with Crippen molar-refractivity contribution >= 4 is 15.9 Å². The zero-order valence-electron chi connectivity index (χ0n) is 18.8. The first kappa shape index (κ1) is 25.0. The minimum Gasteiger partial charge on any atom is -0.391 e.